The third-order valence-corrected chi connectivity index (χ3v) is 5.27. The van der Waals surface area contributed by atoms with Crippen LogP contribution in [0.1, 0.15) is 65.7 Å². The predicted octanol–water partition coefficient (Wildman–Crippen LogP) is 3.11. The normalized spacial score (nSPS) is 35.1. The lowest BCUT2D eigenvalue weighted by Crippen LogP contribution is -2.43. The Morgan fingerprint density at radius 1 is 1.25 bits per heavy atom. The van der Waals surface area contributed by atoms with Gasteiger partial charge in [-0.2, -0.15) is 0 Å². The quantitative estimate of drug-likeness (QED) is 0.787. The van der Waals surface area contributed by atoms with E-state index in [1.165, 1.54) is 38.5 Å². The van der Waals surface area contributed by atoms with E-state index in [1.54, 1.807) is 0 Å². The van der Waals surface area contributed by atoms with E-state index in [0.29, 0.717) is 30.7 Å². The average Bonchev–Trinajstić information content (AvgIpc) is 2.73. The second kappa shape index (κ2) is 7.24. The van der Waals surface area contributed by atoms with Crippen LogP contribution in [-0.4, -0.2) is 36.5 Å². The van der Waals surface area contributed by atoms with Crippen molar-refractivity contribution in [1.82, 2.24) is 5.32 Å². The highest BCUT2D eigenvalue weighted by molar-refractivity contribution is 4.90. The second-order valence-corrected chi connectivity index (χ2v) is 7.72. The molecule has 0 bridgehead atoms. The van der Waals surface area contributed by atoms with Crippen molar-refractivity contribution in [3.8, 4) is 0 Å². The van der Waals surface area contributed by atoms with E-state index in [2.05, 4.69) is 26.1 Å². The number of aliphatic hydroxyl groups is 1. The fourth-order valence-corrected chi connectivity index (χ4v) is 3.82. The SMILES string of the molecule is CC1CCCC(OCC(O)CNC2CCCC2(C)C)C1. The summed E-state index contributed by atoms with van der Waals surface area (Å²) in [6.07, 6.45) is 8.77. The molecule has 0 aromatic heterocycles. The molecule has 0 spiro atoms. The summed E-state index contributed by atoms with van der Waals surface area (Å²) in [7, 11) is 0. The molecular formula is C17H33NO2. The molecular weight excluding hydrogens is 250 g/mol. The number of rotatable bonds is 6. The van der Waals surface area contributed by atoms with Gasteiger partial charge in [0.15, 0.2) is 0 Å². The first-order chi connectivity index (χ1) is 9.47. The summed E-state index contributed by atoms with van der Waals surface area (Å²) < 4.78 is 5.89. The van der Waals surface area contributed by atoms with Crippen molar-refractivity contribution in [2.24, 2.45) is 11.3 Å². The topological polar surface area (TPSA) is 41.5 Å². The molecule has 0 aromatic rings. The molecule has 20 heavy (non-hydrogen) atoms. The van der Waals surface area contributed by atoms with Gasteiger partial charge in [-0.3, -0.25) is 0 Å². The van der Waals surface area contributed by atoms with Crippen LogP contribution in [0.3, 0.4) is 0 Å². The van der Waals surface area contributed by atoms with Crippen LogP contribution in [0.5, 0.6) is 0 Å². The molecule has 2 saturated carbocycles. The van der Waals surface area contributed by atoms with E-state index >= 15 is 0 Å². The van der Waals surface area contributed by atoms with Crippen LogP contribution in [0.15, 0.2) is 0 Å². The van der Waals surface area contributed by atoms with Crippen LogP contribution in [0.4, 0.5) is 0 Å². The van der Waals surface area contributed by atoms with Crippen molar-refractivity contribution in [1.29, 1.82) is 0 Å². The first-order valence-corrected chi connectivity index (χ1v) is 8.50. The lowest BCUT2D eigenvalue weighted by Gasteiger charge is -2.30. The molecule has 0 aliphatic heterocycles. The van der Waals surface area contributed by atoms with Gasteiger partial charge in [0.2, 0.25) is 0 Å². The minimum Gasteiger partial charge on any atom is -0.389 e. The average molecular weight is 283 g/mol. The Morgan fingerprint density at radius 3 is 2.70 bits per heavy atom. The van der Waals surface area contributed by atoms with E-state index in [0.717, 1.165) is 12.3 Å². The molecule has 118 valence electrons. The Kier molecular flexibility index (Phi) is 5.88. The van der Waals surface area contributed by atoms with E-state index in [4.69, 9.17) is 4.74 Å². The van der Waals surface area contributed by atoms with Crippen LogP contribution in [0.25, 0.3) is 0 Å². The summed E-state index contributed by atoms with van der Waals surface area (Å²) in [4.78, 5) is 0. The largest absolute Gasteiger partial charge is 0.389 e. The van der Waals surface area contributed by atoms with Gasteiger partial charge in [-0.15, -0.1) is 0 Å². The van der Waals surface area contributed by atoms with Gasteiger partial charge < -0.3 is 15.2 Å². The highest BCUT2D eigenvalue weighted by Gasteiger charge is 2.34. The molecule has 3 heteroatoms. The van der Waals surface area contributed by atoms with Gasteiger partial charge in [0, 0.05) is 12.6 Å². The van der Waals surface area contributed by atoms with Crippen LogP contribution in [-0.2, 0) is 4.74 Å². The van der Waals surface area contributed by atoms with Gasteiger partial charge in [0.1, 0.15) is 0 Å². The zero-order chi connectivity index (χ0) is 14.6. The van der Waals surface area contributed by atoms with Gasteiger partial charge in [-0.05, 0) is 37.0 Å². The smallest absolute Gasteiger partial charge is 0.0897 e. The molecule has 0 amide bonds. The van der Waals surface area contributed by atoms with Crippen molar-refractivity contribution in [2.45, 2.75) is 84.0 Å². The van der Waals surface area contributed by atoms with Gasteiger partial charge >= 0.3 is 0 Å². The molecule has 4 unspecified atom stereocenters. The van der Waals surface area contributed by atoms with E-state index < -0.39 is 0 Å². The van der Waals surface area contributed by atoms with E-state index in [-0.39, 0.29) is 6.10 Å². The molecule has 2 aliphatic carbocycles. The fourth-order valence-electron chi connectivity index (χ4n) is 3.82. The second-order valence-electron chi connectivity index (χ2n) is 7.72. The highest BCUT2D eigenvalue weighted by Crippen LogP contribution is 2.37. The van der Waals surface area contributed by atoms with Gasteiger partial charge in [0.25, 0.3) is 0 Å². The number of hydrogen-bond donors (Lipinski definition) is 2. The molecule has 2 fully saturated rings. The summed E-state index contributed by atoms with van der Waals surface area (Å²) in [6, 6.07) is 0.548. The van der Waals surface area contributed by atoms with Crippen molar-refractivity contribution >= 4 is 0 Å². The van der Waals surface area contributed by atoms with Crippen LogP contribution < -0.4 is 5.32 Å². The minimum absolute atomic E-state index is 0.372. The molecule has 4 atom stereocenters. The first-order valence-electron chi connectivity index (χ1n) is 8.50. The highest BCUT2D eigenvalue weighted by atomic mass is 16.5. The molecule has 0 radical (unpaired) electrons. The molecule has 2 rings (SSSR count). The molecule has 0 heterocycles. The lowest BCUT2D eigenvalue weighted by molar-refractivity contribution is -0.0318. The number of ether oxygens (including phenoxy) is 1. The third-order valence-electron chi connectivity index (χ3n) is 5.27. The zero-order valence-electron chi connectivity index (χ0n) is 13.5. The standard InChI is InChI=1S/C17H33NO2/c1-13-6-4-7-15(10-13)20-12-14(19)11-18-16-8-5-9-17(16,2)3/h13-16,18-19H,4-12H2,1-3H3. The maximum Gasteiger partial charge on any atom is 0.0897 e. The monoisotopic (exact) mass is 283 g/mol. The molecule has 3 nitrogen and oxygen atoms in total. The molecule has 0 saturated heterocycles. The molecule has 0 aromatic carbocycles. The van der Waals surface area contributed by atoms with Crippen LogP contribution in [0, 0.1) is 11.3 Å². The zero-order valence-corrected chi connectivity index (χ0v) is 13.5. The Hall–Kier alpha value is -0.120. The van der Waals surface area contributed by atoms with Crippen LogP contribution >= 0.6 is 0 Å². The molecule has 2 aliphatic rings. The minimum atomic E-state index is -0.372. The number of nitrogens with one attached hydrogen (secondary N) is 1. The maximum atomic E-state index is 10.1. The number of hydrogen-bond acceptors (Lipinski definition) is 3. The van der Waals surface area contributed by atoms with Crippen molar-refractivity contribution in [2.75, 3.05) is 13.2 Å². The Morgan fingerprint density at radius 2 is 2.05 bits per heavy atom. The summed E-state index contributed by atoms with van der Waals surface area (Å²) in [5, 5.41) is 13.6. The Bertz CT molecular complexity index is 293. The summed E-state index contributed by atoms with van der Waals surface area (Å²) >= 11 is 0. The van der Waals surface area contributed by atoms with Gasteiger partial charge in [-0.25, -0.2) is 0 Å². The fraction of sp³-hybridized carbons (Fsp3) is 1.00. The van der Waals surface area contributed by atoms with Crippen molar-refractivity contribution in [3.05, 3.63) is 0 Å². The predicted molar refractivity (Wildman–Crippen MR) is 82.8 cm³/mol. The van der Waals surface area contributed by atoms with Crippen LogP contribution in [0.2, 0.25) is 0 Å². The maximum absolute atomic E-state index is 10.1. The van der Waals surface area contributed by atoms with Crippen molar-refractivity contribution in [3.63, 3.8) is 0 Å². The number of aliphatic hydroxyl groups excluding tert-OH is 1. The first kappa shape index (κ1) is 16.3. The summed E-state index contributed by atoms with van der Waals surface area (Å²) in [5.41, 5.74) is 0.374. The Balaban J connectivity index is 1.61. The van der Waals surface area contributed by atoms with Gasteiger partial charge in [-0.1, -0.05) is 40.0 Å². The Labute approximate surface area is 124 Å². The lowest BCUT2D eigenvalue weighted by atomic mass is 9.87. The third kappa shape index (κ3) is 4.71. The van der Waals surface area contributed by atoms with Gasteiger partial charge in [0.05, 0.1) is 18.8 Å². The van der Waals surface area contributed by atoms with E-state index in [9.17, 15) is 5.11 Å². The summed E-state index contributed by atoms with van der Waals surface area (Å²) in [5.74, 6) is 0.781. The molecule has 2 N–H and O–H groups in total. The van der Waals surface area contributed by atoms with E-state index in [1.807, 2.05) is 0 Å². The van der Waals surface area contributed by atoms with Crippen molar-refractivity contribution < 1.29 is 9.84 Å². The summed E-state index contributed by atoms with van der Waals surface area (Å²) in [6.45, 7) is 8.09.